The quantitative estimate of drug-likeness (QED) is 0.542. The highest BCUT2D eigenvalue weighted by atomic mass is 16.5. The number of carbonyl (C=O) groups excluding carboxylic acids is 2. The van der Waals surface area contributed by atoms with Crippen molar-refractivity contribution in [1.29, 1.82) is 0 Å². The predicted molar refractivity (Wildman–Crippen MR) is 107 cm³/mol. The van der Waals surface area contributed by atoms with Crippen molar-refractivity contribution in [3.63, 3.8) is 0 Å². The number of hydrogen-bond acceptors (Lipinski definition) is 5. The summed E-state index contributed by atoms with van der Waals surface area (Å²) >= 11 is 0. The summed E-state index contributed by atoms with van der Waals surface area (Å²) in [5.41, 5.74) is 1.41. The number of nitrogens with zero attached hydrogens (tertiary/aromatic N) is 1. The Hall–Kier alpha value is -3.54. The average molecular weight is 393 g/mol. The molecule has 1 amide bonds. The SMILES string of the molecule is Cc1ccc(CN(C)C(=O)COC(=O)c2ccc(OCc3ccccc3)cc2)o1. The molecule has 3 rings (SSSR count). The summed E-state index contributed by atoms with van der Waals surface area (Å²) < 4.78 is 16.3. The summed E-state index contributed by atoms with van der Waals surface area (Å²) in [6.45, 7) is 2.27. The lowest BCUT2D eigenvalue weighted by atomic mass is 10.2. The van der Waals surface area contributed by atoms with E-state index in [-0.39, 0.29) is 12.5 Å². The number of furan rings is 1. The number of aryl methyl sites for hydroxylation is 1. The van der Waals surface area contributed by atoms with Crippen molar-refractivity contribution in [3.8, 4) is 5.75 Å². The highest BCUT2D eigenvalue weighted by Gasteiger charge is 2.15. The Morgan fingerprint density at radius 2 is 1.69 bits per heavy atom. The van der Waals surface area contributed by atoms with Gasteiger partial charge in [-0.25, -0.2) is 4.79 Å². The van der Waals surface area contributed by atoms with Gasteiger partial charge in [0.25, 0.3) is 5.91 Å². The van der Waals surface area contributed by atoms with Crippen molar-refractivity contribution in [3.05, 3.63) is 89.4 Å². The molecule has 2 aromatic carbocycles. The maximum absolute atomic E-state index is 12.2. The molecule has 0 radical (unpaired) electrons. The van der Waals surface area contributed by atoms with Crippen molar-refractivity contribution < 1.29 is 23.5 Å². The van der Waals surface area contributed by atoms with E-state index in [1.807, 2.05) is 49.4 Å². The van der Waals surface area contributed by atoms with Crippen molar-refractivity contribution in [2.75, 3.05) is 13.7 Å². The van der Waals surface area contributed by atoms with Crippen LogP contribution in [0.25, 0.3) is 0 Å². The van der Waals surface area contributed by atoms with E-state index in [1.165, 1.54) is 4.90 Å². The monoisotopic (exact) mass is 393 g/mol. The lowest BCUT2D eigenvalue weighted by Gasteiger charge is -2.15. The summed E-state index contributed by atoms with van der Waals surface area (Å²) in [5, 5.41) is 0. The maximum atomic E-state index is 12.2. The van der Waals surface area contributed by atoms with Gasteiger partial charge in [0.1, 0.15) is 23.9 Å². The van der Waals surface area contributed by atoms with E-state index >= 15 is 0 Å². The van der Waals surface area contributed by atoms with Gasteiger partial charge in [-0.15, -0.1) is 0 Å². The van der Waals surface area contributed by atoms with Gasteiger partial charge in [0.05, 0.1) is 12.1 Å². The predicted octanol–water partition coefficient (Wildman–Crippen LogP) is 3.98. The van der Waals surface area contributed by atoms with Crippen LogP contribution in [0.15, 0.2) is 71.1 Å². The summed E-state index contributed by atoms with van der Waals surface area (Å²) in [6.07, 6.45) is 0. The van der Waals surface area contributed by atoms with Crippen LogP contribution in [-0.4, -0.2) is 30.4 Å². The standard InChI is InChI=1S/C23H23NO5/c1-17-8-11-21(29-17)14-24(2)22(25)16-28-23(26)19-9-12-20(13-10-19)27-15-18-6-4-3-5-7-18/h3-13H,14-16H2,1-2H3. The first-order valence-electron chi connectivity index (χ1n) is 9.24. The minimum Gasteiger partial charge on any atom is -0.489 e. The van der Waals surface area contributed by atoms with Gasteiger partial charge >= 0.3 is 5.97 Å². The Morgan fingerprint density at radius 3 is 2.34 bits per heavy atom. The molecule has 0 N–H and O–H groups in total. The van der Waals surface area contributed by atoms with Crippen LogP contribution in [0, 0.1) is 6.92 Å². The second-order valence-electron chi connectivity index (χ2n) is 6.64. The van der Waals surface area contributed by atoms with Gasteiger partial charge < -0.3 is 18.8 Å². The molecule has 0 aliphatic carbocycles. The molecule has 0 aliphatic heterocycles. The van der Waals surface area contributed by atoms with Crippen molar-refractivity contribution >= 4 is 11.9 Å². The third-order valence-corrected chi connectivity index (χ3v) is 4.28. The molecule has 0 aliphatic rings. The molecule has 150 valence electrons. The van der Waals surface area contributed by atoms with E-state index in [9.17, 15) is 9.59 Å². The molecular weight excluding hydrogens is 370 g/mol. The summed E-state index contributed by atoms with van der Waals surface area (Å²) in [5.74, 6) is 1.24. The van der Waals surface area contributed by atoms with Gasteiger partial charge in [0.2, 0.25) is 0 Å². The molecule has 0 spiro atoms. The molecule has 1 heterocycles. The molecular formula is C23H23NO5. The van der Waals surface area contributed by atoms with E-state index < -0.39 is 5.97 Å². The lowest BCUT2D eigenvalue weighted by molar-refractivity contribution is -0.134. The molecule has 6 nitrogen and oxygen atoms in total. The molecule has 0 saturated heterocycles. The first-order chi connectivity index (χ1) is 14.0. The zero-order valence-electron chi connectivity index (χ0n) is 16.5. The van der Waals surface area contributed by atoms with Gasteiger partial charge in [0, 0.05) is 7.05 Å². The number of benzene rings is 2. The fraction of sp³-hybridized carbons (Fsp3) is 0.217. The molecule has 29 heavy (non-hydrogen) atoms. The van der Waals surface area contributed by atoms with Crippen LogP contribution >= 0.6 is 0 Å². The van der Waals surface area contributed by atoms with Crippen LogP contribution in [0.3, 0.4) is 0 Å². The third kappa shape index (κ3) is 5.97. The number of hydrogen-bond donors (Lipinski definition) is 0. The summed E-state index contributed by atoms with van der Waals surface area (Å²) in [6, 6.07) is 20.1. The van der Waals surface area contributed by atoms with Crippen molar-refractivity contribution in [1.82, 2.24) is 4.90 Å². The minimum atomic E-state index is -0.560. The fourth-order valence-corrected chi connectivity index (χ4v) is 2.64. The molecule has 0 bridgehead atoms. The number of esters is 1. The number of ether oxygens (including phenoxy) is 2. The Morgan fingerprint density at radius 1 is 0.966 bits per heavy atom. The van der Waals surface area contributed by atoms with E-state index in [0.29, 0.717) is 30.2 Å². The van der Waals surface area contributed by atoms with Crippen LogP contribution in [0.4, 0.5) is 0 Å². The normalized spacial score (nSPS) is 10.4. The molecule has 0 atom stereocenters. The van der Waals surface area contributed by atoms with Crippen LogP contribution in [0.2, 0.25) is 0 Å². The Kier molecular flexibility index (Phi) is 6.68. The van der Waals surface area contributed by atoms with Crippen molar-refractivity contribution in [2.24, 2.45) is 0 Å². The van der Waals surface area contributed by atoms with Gasteiger partial charge in [-0.05, 0) is 48.9 Å². The first-order valence-corrected chi connectivity index (χ1v) is 9.24. The second-order valence-corrected chi connectivity index (χ2v) is 6.64. The van der Waals surface area contributed by atoms with Crippen LogP contribution in [0.5, 0.6) is 5.75 Å². The third-order valence-electron chi connectivity index (χ3n) is 4.28. The smallest absolute Gasteiger partial charge is 0.338 e. The van der Waals surface area contributed by atoms with E-state index in [0.717, 1.165) is 11.3 Å². The Balaban J connectivity index is 1.45. The maximum Gasteiger partial charge on any atom is 0.338 e. The zero-order valence-corrected chi connectivity index (χ0v) is 16.5. The van der Waals surface area contributed by atoms with Crippen LogP contribution in [-0.2, 0) is 22.7 Å². The summed E-state index contributed by atoms with van der Waals surface area (Å²) in [4.78, 5) is 25.8. The lowest BCUT2D eigenvalue weighted by Crippen LogP contribution is -2.30. The minimum absolute atomic E-state index is 0.310. The van der Waals surface area contributed by atoms with Crippen LogP contribution in [0.1, 0.15) is 27.4 Å². The molecule has 0 unspecified atom stereocenters. The number of amides is 1. The average Bonchev–Trinajstić information content (AvgIpc) is 3.15. The molecule has 6 heteroatoms. The number of likely N-dealkylation sites (N-methyl/N-ethyl adjacent to an activating group) is 1. The molecule has 1 aromatic heterocycles. The highest BCUT2D eigenvalue weighted by Crippen LogP contribution is 2.15. The zero-order chi connectivity index (χ0) is 20.6. The first kappa shape index (κ1) is 20.2. The fourth-order valence-electron chi connectivity index (χ4n) is 2.64. The van der Waals surface area contributed by atoms with E-state index in [1.54, 1.807) is 31.3 Å². The highest BCUT2D eigenvalue weighted by molar-refractivity contribution is 5.91. The number of carbonyl (C=O) groups is 2. The number of rotatable bonds is 8. The second kappa shape index (κ2) is 9.59. The Labute approximate surface area is 169 Å². The molecule has 3 aromatic rings. The van der Waals surface area contributed by atoms with Gasteiger partial charge in [0.15, 0.2) is 6.61 Å². The Bertz CT molecular complexity index is 947. The molecule has 0 fully saturated rings. The topological polar surface area (TPSA) is 69.0 Å². The van der Waals surface area contributed by atoms with Gasteiger partial charge in [-0.3, -0.25) is 4.79 Å². The van der Waals surface area contributed by atoms with Gasteiger partial charge in [-0.2, -0.15) is 0 Å². The van der Waals surface area contributed by atoms with E-state index in [4.69, 9.17) is 13.9 Å². The van der Waals surface area contributed by atoms with Crippen molar-refractivity contribution in [2.45, 2.75) is 20.1 Å². The van der Waals surface area contributed by atoms with Gasteiger partial charge in [-0.1, -0.05) is 30.3 Å². The van der Waals surface area contributed by atoms with Crippen LogP contribution < -0.4 is 4.74 Å². The largest absolute Gasteiger partial charge is 0.489 e. The molecule has 0 saturated carbocycles. The van der Waals surface area contributed by atoms with E-state index in [2.05, 4.69) is 0 Å². The summed E-state index contributed by atoms with van der Waals surface area (Å²) in [7, 11) is 1.63.